The van der Waals surface area contributed by atoms with Crippen molar-refractivity contribution < 1.29 is 4.74 Å². The van der Waals surface area contributed by atoms with E-state index in [1.165, 1.54) is 11.1 Å². The van der Waals surface area contributed by atoms with E-state index in [1.807, 2.05) is 19.1 Å². The zero-order valence-corrected chi connectivity index (χ0v) is 14.9. The van der Waals surface area contributed by atoms with Gasteiger partial charge in [-0.1, -0.05) is 66.2 Å². The van der Waals surface area contributed by atoms with Gasteiger partial charge in [0.1, 0.15) is 11.4 Å². The van der Waals surface area contributed by atoms with E-state index in [4.69, 9.17) is 9.72 Å². The Labute approximate surface area is 149 Å². The number of hydrogen-bond acceptors (Lipinski definition) is 3. The van der Waals surface area contributed by atoms with E-state index in [1.54, 1.807) is 6.08 Å². The number of hydrogen-bond donors (Lipinski definition) is 0. The lowest BCUT2D eigenvalue weighted by Crippen LogP contribution is -2.03. The van der Waals surface area contributed by atoms with Crippen molar-refractivity contribution in [2.45, 2.75) is 20.8 Å². The van der Waals surface area contributed by atoms with Crippen molar-refractivity contribution in [1.82, 2.24) is 9.97 Å². The molecule has 0 amide bonds. The molecular weight excluding hydrogens is 308 g/mol. The first-order chi connectivity index (χ1) is 12.1. The number of ether oxygens (including phenoxy) is 1. The van der Waals surface area contributed by atoms with Gasteiger partial charge < -0.3 is 4.74 Å². The second kappa shape index (κ2) is 7.31. The second-order valence-electron chi connectivity index (χ2n) is 5.98. The molecule has 0 bridgehead atoms. The van der Waals surface area contributed by atoms with E-state index in [9.17, 15) is 0 Å². The fraction of sp³-hybridized carbons (Fsp3) is 0.182. The van der Waals surface area contributed by atoms with Crippen molar-refractivity contribution >= 4 is 6.08 Å². The molecule has 3 rings (SSSR count). The third-order valence-corrected chi connectivity index (χ3v) is 4.01. The third kappa shape index (κ3) is 3.61. The highest BCUT2D eigenvalue weighted by atomic mass is 16.5. The molecule has 25 heavy (non-hydrogen) atoms. The van der Waals surface area contributed by atoms with Gasteiger partial charge in [0.25, 0.3) is 0 Å². The Balaban J connectivity index is 2.22. The van der Waals surface area contributed by atoms with Gasteiger partial charge in [-0.25, -0.2) is 9.97 Å². The summed E-state index contributed by atoms with van der Waals surface area (Å²) in [5.41, 5.74) is 5.90. The third-order valence-electron chi connectivity index (χ3n) is 4.01. The summed E-state index contributed by atoms with van der Waals surface area (Å²) < 4.78 is 5.86. The zero-order valence-electron chi connectivity index (χ0n) is 14.9. The average Bonchev–Trinajstić information content (AvgIpc) is 2.63. The SMILES string of the molecule is C=Cc1nc(-c2ccc(C)cc2)nc(-c2ccc(C)cc2)c1OCC. The van der Waals surface area contributed by atoms with E-state index < -0.39 is 0 Å². The molecule has 126 valence electrons. The first-order valence-electron chi connectivity index (χ1n) is 8.43. The number of aromatic nitrogens is 2. The van der Waals surface area contributed by atoms with Crippen LogP contribution >= 0.6 is 0 Å². The van der Waals surface area contributed by atoms with Crippen molar-refractivity contribution in [1.29, 1.82) is 0 Å². The molecule has 1 heterocycles. The summed E-state index contributed by atoms with van der Waals surface area (Å²) in [6.07, 6.45) is 1.72. The molecule has 0 unspecified atom stereocenters. The molecule has 2 aromatic carbocycles. The van der Waals surface area contributed by atoms with Gasteiger partial charge in [0.15, 0.2) is 11.6 Å². The molecule has 0 fully saturated rings. The molecule has 0 saturated carbocycles. The Morgan fingerprint density at radius 1 is 0.880 bits per heavy atom. The largest absolute Gasteiger partial charge is 0.489 e. The van der Waals surface area contributed by atoms with Gasteiger partial charge in [0, 0.05) is 11.1 Å². The lowest BCUT2D eigenvalue weighted by atomic mass is 10.1. The van der Waals surface area contributed by atoms with Crippen LogP contribution in [0.1, 0.15) is 23.7 Å². The molecule has 0 aliphatic carbocycles. The number of nitrogens with zero attached hydrogens (tertiary/aromatic N) is 2. The van der Waals surface area contributed by atoms with Crippen LogP contribution in [0.25, 0.3) is 28.7 Å². The van der Waals surface area contributed by atoms with Gasteiger partial charge in [-0.15, -0.1) is 0 Å². The van der Waals surface area contributed by atoms with Gasteiger partial charge >= 0.3 is 0 Å². The maximum Gasteiger partial charge on any atom is 0.171 e. The van der Waals surface area contributed by atoms with E-state index >= 15 is 0 Å². The maximum absolute atomic E-state index is 5.86. The van der Waals surface area contributed by atoms with E-state index in [0.29, 0.717) is 23.9 Å². The van der Waals surface area contributed by atoms with Gasteiger partial charge in [-0.2, -0.15) is 0 Å². The van der Waals surface area contributed by atoms with Crippen LogP contribution in [0.3, 0.4) is 0 Å². The summed E-state index contributed by atoms with van der Waals surface area (Å²) in [5.74, 6) is 1.35. The summed E-state index contributed by atoms with van der Waals surface area (Å²) in [6.45, 7) is 10.5. The summed E-state index contributed by atoms with van der Waals surface area (Å²) in [5, 5.41) is 0. The molecule has 1 aromatic heterocycles. The number of aryl methyl sites for hydroxylation is 2. The Hall–Kier alpha value is -2.94. The minimum absolute atomic E-state index is 0.549. The van der Waals surface area contributed by atoms with Crippen LogP contribution in [0.15, 0.2) is 55.1 Å². The van der Waals surface area contributed by atoms with Crippen LogP contribution in [0.2, 0.25) is 0 Å². The zero-order chi connectivity index (χ0) is 17.8. The molecule has 0 atom stereocenters. The predicted molar refractivity (Wildman–Crippen MR) is 104 cm³/mol. The quantitative estimate of drug-likeness (QED) is 0.622. The fourth-order valence-corrected chi connectivity index (χ4v) is 2.63. The standard InChI is InChI=1S/C22H22N2O/c1-5-19-21(25-6-2)20(17-11-7-15(3)8-12-17)24-22(23-19)18-13-9-16(4)10-14-18/h5,7-14H,1,6H2,2-4H3. The fourth-order valence-electron chi connectivity index (χ4n) is 2.63. The Bertz CT molecular complexity index is 881. The summed E-state index contributed by atoms with van der Waals surface area (Å²) in [7, 11) is 0. The van der Waals surface area contributed by atoms with E-state index in [2.05, 4.69) is 61.8 Å². The molecule has 0 spiro atoms. The van der Waals surface area contributed by atoms with Crippen LogP contribution in [0, 0.1) is 13.8 Å². The minimum Gasteiger partial charge on any atom is -0.489 e. The molecule has 0 saturated heterocycles. The molecular formula is C22H22N2O. The van der Waals surface area contributed by atoms with Crippen molar-refractivity contribution in [2.75, 3.05) is 6.61 Å². The lowest BCUT2D eigenvalue weighted by Gasteiger charge is -2.14. The first-order valence-corrected chi connectivity index (χ1v) is 8.43. The monoisotopic (exact) mass is 330 g/mol. The van der Waals surface area contributed by atoms with E-state index in [0.717, 1.165) is 16.8 Å². The molecule has 0 aliphatic rings. The summed E-state index contributed by atoms with van der Waals surface area (Å²) in [6, 6.07) is 16.5. The van der Waals surface area contributed by atoms with Crippen molar-refractivity contribution in [3.8, 4) is 28.4 Å². The van der Waals surface area contributed by atoms with Crippen molar-refractivity contribution in [3.63, 3.8) is 0 Å². The highest BCUT2D eigenvalue weighted by Gasteiger charge is 2.16. The van der Waals surface area contributed by atoms with Gasteiger partial charge in [-0.05, 0) is 26.8 Å². The lowest BCUT2D eigenvalue weighted by molar-refractivity contribution is 0.338. The normalized spacial score (nSPS) is 10.5. The number of benzene rings is 2. The minimum atomic E-state index is 0.549. The predicted octanol–water partition coefficient (Wildman–Crippen LogP) is 5.47. The Kier molecular flexibility index (Phi) is 4.94. The summed E-state index contributed by atoms with van der Waals surface area (Å²) in [4.78, 5) is 9.48. The first kappa shape index (κ1) is 16.9. The highest BCUT2D eigenvalue weighted by molar-refractivity contribution is 5.74. The van der Waals surface area contributed by atoms with Gasteiger partial charge in [-0.3, -0.25) is 0 Å². The highest BCUT2D eigenvalue weighted by Crippen LogP contribution is 2.34. The topological polar surface area (TPSA) is 35.0 Å². The number of rotatable bonds is 5. The molecule has 0 N–H and O–H groups in total. The van der Waals surface area contributed by atoms with Crippen LogP contribution < -0.4 is 4.74 Å². The average molecular weight is 330 g/mol. The second-order valence-corrected chi connectivity index (χ2v) is 5.98. The molecule has 3 heteroatoms. The molecule has 0 radical (unpaired) electrons. The van der Waals surface area contributed by atoms with Crippen molar-refractivity contribution in [2.24, 2.45) is 0 Å². The molecule has 3 aromatic rings. The molecule has 3 nitrogen and oxygen atoms in total. The molecule has 0 aliphatic heterocycles. The van der Waals surface area contributed by atoms with Gasteiger partial charge in [0.2, 0.25) is 0 Å². The van der Waals surface area contributed by atoms with Crippen LogP contribution in [0.4, 0.5) is 0 Å². The van der Waals surface area contributed by atoms with Crippen LogP contribution in [0.5, 0.6) is 5.75 Å². The maximum atomic E-state index is 5.86. The van der Waals surface area contributed by atoms with Crippen molar-refractivity contribution in [3.05, 3.63) is 71.9 Å². The Morgan fingerprint density at radius 3 is 1.96 bits per heavy atom. The van der Waals surface area contributed by atoms with Crippen LogP contribution in [-0.2, 0) is 0 Å². The van der Waals surface area contributed by atoms with Crippen LogP contribution in [-0.4, -0.2) is 16.6 Å². The summed E-state index contributed by atoms with van der Waals surface area (Å²) >= 11 is 0. The van der Waals surface area contributed by atoms with Gasteiger partial charge in [0.05, 0.1) is 6.61 Å². The smallest absolute Gasteiger partial charge is 0.171 e. The Morgan fingerprint density at radius 2 is 1.44 bits per heavy atom. The van der Waals surface area contributed by atoms with E-state index in [-0.39, 0.29) is 0 Å².